The zero-order valence-electron chi connectivity index (χ0n) is 16.0. The summed E-state index contributed by atoms with van der Waals surface area (Å²) in [6, 6.07) is 13.6. The summed E-state index contributed by atoms with van der Waals surface area (Å²) in [7, 11) is 3.08. The molecule has 0 bridgehead atoms. The predicted octanol–water partition coefficient (Wildman–Crippen LogP) is 4.97. The van der Waals surface area contributed by atoms with Gasteiger partial charge in [-0.2, -0.15) is 0 Å². The smallest absolute Gasteiger partial charge is 0.257 e. The van der Waals surface area contributed by atoms with E-state index in [2.05, 4.69) is 15.4 Å². The summed E-state index contributed by atoms with van der Waals surface area (Å²) in [4.78, 5) is 17.3. The molecule has 152 valence electrons. The van der Waals surface area contributed by atoms with E-state index in [4.69, 9.17) is 32.7 Å². The van der Waals surface area contributed by atoms with Crippen molar-refractivity contribution < 1.29 is 14.3 Å². The molecule has 0 atom stereocenters. The molecule has 2 aromatic heterocycles. The van der Waals surface area contributed by atoms with Crippen LogP contribution in [0, 0.1) is 0 Å². The normalized spacial score (nSPS) is 10.8. The molecule has 9 heteroatoms. The number of rotatable bonds is 5. The lowest BCUT2D eigenvalue weighted by Crippen LogP contribution is -2.13. The maximum absolute atomic E-state index is 12.8. The summed E-state index contributed by atoms with van der Waals surface area (Å²) < 4.78 is 12.2. The Hall–Kier alpha value is -3.29. The Labute approximate surface area is 182 Å². The van der Waals surface area contributed by atoms with Gasteiger partial charge in [-0.3, -0.25) is 4.79 Å². The van der Waals surface area contributed by atoms with Crippen molar-refractivity contribution in [2.24, 2.45) is 0 Å². The zero-order valence-corrected chi connectivity index (χ0v) is 17.5. The van der Waals surface area contributed by atoms with Crippen molar-refractivity contribution in [1.29, 1.82) is 0 Å². The van der Waals surface area contributed by atoms with Gasteiger partial charge in [0, 0.05) is 16.7 Å². The first-order valence-electron chi connectivity index (χ1n) is 8.83. The van der Waals surface area contributed by atoms with Crippen molar-refractivity contribution in [2.45, 2.75) is 0 Å². The van der Waals surface area contributed by atoms with Crippen molar-refractivity contribution in [3.63, 3.8) is 0 Å². The number of halogens is 2. The van der Waals surface area contributed by atoms with Crippen LogP contribution in [-0.4, -0.2) is 34.7 Å². The summed E-state index contributed by atoms with van der Waals surface area (Å²) >= 11 is 12.1. The molecular weight excluding hydrogens is 427 g/mol. The van der Waals surface area contributed by atoms with Crippen molar-refractivity contribution >= 4 is 40.4 Å². The van der Waals surface area contributed by atoms with Gasteiger partial charge in [-0.25, -0.2) is 9.50 Å². The van der Waals surface area contributed by atoms with Gasteiger partial charge in [-0.1, -0.05) is 23.2 Å². The summed E-state index contributed by atoms with van der Waals surface area (Å²) in [5.41, 5.74) is 2.85. The Morgan fingerprint density at radius 1 is 1.03 bits per heavy atom. The van der Waals surface area contributed by atoms with Crippen LogP contribution in [0.2, 0.25) is 10.0 Å². The first-order chi connectivity index (χ1) is 14.5. The number of fused-ring (bicyclic) bond motifs is 1. The molecule has 0 aliphatic rings. The molecule has 0 radical (unpaired) electrons. The second-order valence-electron chi connectivity index (χ2n) is 6.30. The Morgan fingerprint density at radius 2 is 1.87 bits per heavy atom. The summed E-state index contributed by atoms with van der Waals surface area (Å²) in [5, 5.41) is 7.86. The van der Waals surface area contributed by atoms with Gasteiger partial charge in [-0.05, 0) is 42.5 Å². The van der Waals surface area contributed by atoms with E-state index >= 15 is 0 Å². The van der Waals surface area contributed by atoms with Crippen LogP contribution in [0.25, 0.3) is 16.9 Å². The van der Waals surface area contributed by atoms with E-state index in [1.807, 2.05) is 12.1 Å². The highest BCUT2D eigenvalue weighted by Gasteiger charge is 2.15. The van der Waals surface area contributed by atoms with Gasteiger partial charge in [0.2, 0.25) is 5.88 Å². The van der Waals surface area contributed by atoms with Crippen molar-refractivity contribution in [1.82, 2.24) is 14.6 Å². The molecule has 0 fully saturated rings. The standard InChI is InChI=1S/C21H16Cl2N4O3/c1-29-18-6-3-12(17-11-27-19(24-17)7-8-20(26-27)30-2)9-16(18)25-21(28)14-10-13(22)4-5-15(14)23/h3-11H,1-2H3,(H,25,28). The third kappa shape index (κ3) is 3.90. The third-order valence-corrected chi connectivity index (χ3v) is 4.99. The molecule has 0 unspecified atom stereocenters. The van der Waals surface area contributed by atoms with Gasteiger partial charge in [0.1, 0.15) is 5.75 Å². The number of imidazole rings is 1. The number of methoxy groups -OCH3 is 2. The Balaban J connectivity index is 1.70. The number of carbonyl (C=O) groups excluding carboxylic acids is 1. The van der Waals surface area contributed by atoms with Crippen LogP contribution in [0.5, 0.6) is 11.6 Å². The van der Waals surface area contributed by atoms with E-state index in [0.29, 0.717) is 38.7 Å². The molecule has 7 nitrogen and oxygen atoms in total. The van der Waals surface area contributed by atoms with Crippen LogP contribution in [0.3, 0.4) is 0 Å². The molecule has 1 amide bonds. The molecule has 1 N–H and O–H groups in total. The van der Waals surface area contributed by atoms with Gasteiger partial charge >= 0.3 is 0 Å². The number of hydrogen-bond donors (Lipinski definition) is 1. The average molecular weight is 443 g/mol. The molecule has 2 heterocycles. The number of ether oxygens (including phenoxy) is 2. The molecule has 30 heavy (non-hydrogen) atoms. The third-order valence-electron chi connectivity index (χ3n) is 4.42. The van der Waals surface area contributed by atoms with Crippen LogP contribution in [0.1, 0.15) is 10.4 Å². The van der Waals surface area contributed by atoms with E-state index in [0.717, 1.165) is 5.56 Å². The Kier molecular flexibility index (Phi) is 5.48. The summed E-state index contributed by atoms with van der Waals surface area (Å²) in [5.74, 6) is 0.570. The number of benzene rings is 2. The van der Waals surface area contributed by atoms with E-state index in [-0.39, 0.29) is 5.56 Å². The van der Waals surface area contributed by atoms with Gasteiger partial charge in [0.05, 0.1) is 42.4 Å². The summed E-state index contributed by atoms with van der Waals surface area (Å²) in [6.45, 7) is 0. The predicted molar refractivity (Wildman–Crippen MR) is 116 cm³/mol. The molecule has 0 spiro atoms. The van der Waals surface area contributed by atoms with E-state index < -0.39 is 5.91 Å². The van der Waals surface area contributed by atoms with E-state index in [1.54, 1.807) is 48.2 Å². The lowest BCUT2D eigenvalue weighted by molar-refractivity contribution is 0.102. The first kappa shape index (κ1) is 20.0. The SMILES string of the molecule is COc1ccc2nc(-c3ccc(OC)c(NC(=O)c4cc(Cl)ccc4Cl)c3)cn2n1. The highest BCUT2D eigenvalue weighted by Crippen LogP contribution is 2.31. The monoisotopic (exact) mass is 442 g/mol. The highest BCUT2D eigenvalue weighted by atomic mass is 35.5. The molecule has 4 aromatic rings. The maximum Gasteiger partial charge on any atom is 0.257 e. The van der Waals surface area contributed by atoms with Crippen LogP contribution in [0.4, 0.5) is 5.69 Å². The minimum absolute atomic E-state index is 0.264. The number of hydrogen-bond acceptors (Lipinski definition) is 5. The molecule has 0 saturated heterocycles. The van der Waals surface area contributed by atoms with E-state index in [9.17, 15) is 4.79 Å². The number of aromatic nitrogens is 3. The zero-order chi connectivity index (χ0) is 21.3. The van der Waals surface area contributed by atoms with Crippen molar-refractivity contribution in [3.05, 3.63) is 70.3 Å². The average Bonchev–Trinajstić information content (AvgIpc) is 3.18. The van der Waals surface area contributed by atoms with Gasteiger partial charge in [-0.15, -0.1) is 5.10 Å². The molecule has 0 saturated carbocycles. The number of amides is 1. The fourth-order valence-corrected chi connectivity index (χ4v) is 3.31. The molecule has 2 aromatic carbocycles. The minimum atomic E-state index is -0.403. The van der Waals surface area contributed by atoms with Gasteiger partial charge in [0.15, 0.2) is 5.65 Å². The fraction of sp³-hybridized carbons (Fsp3) is 0.0952. The molecular formula is C21H16Cl2N4O3. The lowest BCUT2D eigenvalue weighted by Gasteiger charge is -2.12. The quantitative estimate of drug-likeness (QED) is 0.471. The van der Waals surface area contributed by atoms with Crippen molar-refractivity contribution in [3.8, 4) is 22.9 Å². The number of nitrogens with one attached hydrogen (secondary N) is 1. The minimum Gasteiger partial charge on any atom is -0.495 e. The lowest BCUT2D eigenvalue weighted by atomic mass is 10.1. The second kappa shape index (κ2) is 8.22. The molecule has 0 aliphatic heterocycles. The second-order valence-corrected chi connectivity index (χ2v) is 7.14. The van der Waals surface area contributed by atoms with Crippen LogP contribution in [0.15, 0.2) is 54.7 Å². The van der Waals surface area contributed by atoms with Crippen LogP contribution < -0.4 is 14.8 Å². The maximum atomic E-state index is 12.8. The number of anilines is 1. The molecule has 0 aliphatic carbocycles. The number of nitrogens with zero attached hydrogens (tertiary/aromatic N) is 3. The molecule has 4 rings (SSSR count). The van der Waals surface area contributed by atoms with Gasteiger partial charge in [0.25, 0.3) is 5.91 Å². The number of carbonyl (C=O) groups is 1. The first-order valence-corrected chi connectivity index (χ1v) is 9.59. The summed E-state index contributed by atoms with van der Waals surface area (Å²) in [6.07, 6.45) is 1.78. The van der Waals surface area contributed by atoms with Crippen molar-refractivity contribution in [2.75, 3.05) is 19.5 Å². The topological polar surface area (TPSA) is 77.8 Å². The highest BCUT2D eigenvalue weighted by molar-refractivity contribution is 6.36. The van der Waals surface area contributed by atoms with Crippen LogP contribution in [-0.2, 0) is 0 Å². The Morgan fingerprint density at radius 3 is 2.63 bits per heavy atom. The van der Waals surface area contributed by atoms with E-state index in [1.165, 1.54) is 13.2 Å². The van der Waals surface area contributed by atoms with Gasteiger partial charge < -0.3 is 14.8 Å². The Bertz CT molecular complexity index is 1260. The largest absolute Gasteiger partial charge is 0.495 e. The van der Waals surface area contributed by atoms with Crippen LogP contribution >= 0.6 is 23.2 Å². The fourth-order valence-electron chi connectivity index (χ4n) is 2.94.